The minimum atomic E-state index is 0.564. The van der Waals surface area contributed by atoms with Gasteiger partial charge in [0, 0.05) is 50.6 Å². The lowest BCUT2D eigenvalue weighted by Crippen LogP contribution is -2.47. The van der Waals surface area contributed by atoms with E-state index < -0.39 is 0 Å². The summed E-state index contributed by atoms with van der Waals surface area (Å²) in [6.07, 6.45) is 11.7. The third-order valence-electron chi connectivity index (χ3n) is 7.07. The van der Waals surface area contributed by atoms with E-state index in [2.05, 4.69) is 9.80 Å². The number of fused-ring (bicyclic) bond motifs is 3. The van der Waals surface area contributed by atoms with Gasteiger partial charge in [-0.1, -0.05) is 19.3 Å². The topological polar surface area (TPSA) is 41.5 Å². The van der Waals surface area contributed by atoms with Crippen LogP contribution < -0.4 is 4.90 Å². The molecule has 0 spiro atoms. The first kappa shape index (κ1) is 19.7. The van der Waals surface area contributed by atoms with Crippen LogP contribution in [0.1, 0.15) is 67.1 Å². The number of rotatable bonds is 5. The van der Waals surface area contributed by atoms with Gasteiger partial charge in [0.05, 0.1) is 12.0 Å². The van der Waals surface area contributed by atoms with Gasteiger partial charge in [-0.05, 0) is 44.1 Å². The van der Waals surface area contributed by atoms with Crippen LogP contribution in [0, 0.1) is 0 Å². The maximum Gasteiger partial charge on any atom is 0.141 e. The van der Waals surface area contributed by atoms with E-state index in [1.54, 1.807) is 17.6 Å². The Labute approximate surface area is 178 Å². The molecule has 2 aromatic rings. The van der Waals surface area contributed by atoms with Crippen molar-refractivity contribution in [3.8, 4) is 0 Å². The van der Waals surface area contributed by atoms with Crippen LogP contribution in [0.15, 0.2) is 0 Å². The third-order valence-corrected chi connectivity index (χ3v) is 8.25. The van der Waals surface area contributed by atoms with E-state index >= 15 is 0 Å². The predicted octanol–water partition coefficient (Wildman–Crippen LogP) is 4.39. The van der Waals surface area contributed by atoms with Gasteiger partial charge in [-0.25, -0.2) is 9.97 Å². The average Bonchev–Trinajstić information content (AvgIpc) is 3.16. The fourth-order valence-corrected chi connectivity index (χ4v) is 6.59. The zero-order valence-corrected chi connectivity index (χ0v) is 18.6. The number of piperazine rings is 1. The molecule has 1 aliphatic heterocycles. The second-order valence-electron chi connectivity index (χ2n) is 8.95. The number of aromatic nitrogens is 2. The highest BCUT2D eigenvalue weighted by Gasteiger charge is 2.28. The standard InChI is InChI=1S/C23H34N4OS/c1-28-16-15-26-11-13-27(14-12-26)22-20-18-9-5-6-10-19(18)29-23(20)25-21(24-22)17-7-3-2-4-8-17/h17H,2-16H2,1H3. The van der Waals surface area contributed by atoms with Crippen molar-refractivity contribution < 1.29 is 4.74 Å². The second kappa shape index (κ2) is 8.86. The number of hydrogen-bond donors (Lipinski definition) is 0. The summed E-state index contributed by atoms with van der Waals surface area (Å²) in [4.78, 5) is 18.4. The molecule has 1 saturated heterocycles. The fraction of sp³-hybridized carbons (Fsp3) is 0.739. The van der Waals surface area contributed by atoms with Crippen LogP contribution in [-0.4, -0.2) is 61.3 Å². The molecule has 0 unspecified atom stereocenters. The summed E-state index contributed by atoms with van der Waals surface area (Å²) >= 11 is 1.96. The first-order valence-electron chi connectivity index (χ1n) is 11.6. The number of aryl methyl sites for hydroxylation is 2. The van der Waals surface area contributed by atoms with Crippen molar-refractivity contribution in [2.45, 2.75) is 63.7 Å². The van der Waals surface area contributed by atoms with Crippen molar-refractivity contribution in [3.05, 3.63) is 16.3 Å². The SMILES string of the molecule is COCCN1CCN(c2nc(C3CCCCC3)nc3sc4c(c23)CCCC4)CC1. The molecule has 5 rings (SSSR count). The molecule has 0 radical (unpaired) electrons. The summed E-state index contributed by atoms with van der Waals surface area (Å²) in [5.74, 6) is 2.95. The molecule has 0 aromatic carbocycles. The van der Waals surface area contributed by atoms with E-state index in [9.17, 15) is 0 Å². The highest BCUT2D eigenvalue weighted by Crippen LogP contribution is 2.41. The van der Waals surface area contributed by atoms with E-state index in [-0.39, 0.29) is 0 Å². The summed E-state index contributed by atoms with van der Waals surface area (Å²) in [6.45, 7) is 6.17. The second-order valence-corrected chi connectivity index (χ2v) is 10.0. The summed E-state index contributed by atoms with van der Waals surface area (Å²) in [6, 6.07) is 0. The molecule has 3 heterocycles. The van der Waals surface area contributed by atoms with Crippen molar-refractivity contribution in [3.63, 3.8) is 0 Å². The maximum atomic E-state index is 5.29. The van der Waals surface area contributed by atoms with Crippen LogP contribution in [0.25, 0.3) is 10.2 Å². The Hall–Kier alpha value is -1.24. The van der Waals surface area contributed by atoms with Crippen molar-refractivity contribution in [2.24, 2.45) is 0 Å². The van der Waals surface area contributed by atoms with Crippen LogP contribution in [-0.2, 0) is 17.6 Å². The monoisotopic (exact) mass is 414 g/mol. The number of methoxy groups -OCH3 is 1. The molecule has 0 bridgehead atoms. The highest BCUT2D eigenvalue weighted by atomic mass is 32.1. The lowest BCUT2D eigenvalue weighted by Gasteiger charge is -2.36. The molecule has 2 fully saturated rings. The molecule has 6 heteroatoms. The summed E-state index contributed by atoms with van der Waals surface area (Å²) in [5.41, 5.74) is 1.57. The molecule has 0 N–H and O–H groups in total. The Morgan fingerprint density at radius 2 is 1.76 bits per heavy atom. The molecule has 1 saturated carbocycles. The van der Waals surface area contributed by atoms with E-state index in [1.165, 1.54) is 73.8 Å². The normalized spacial score (nSPS) is 21.6. The molecule has 0 amide bonds. The number of anilines is 1. The number of hydrogen-bond acceptors (Lipinski definition) is 6. The lowest BCUT2D eigenvalue weighted by atomic mass is 9.88. The molecular formula is C23H34N4OS. The number of nitrogens with zero attached hydrogens (tertiary/aromatic N) is 4. The Balaban J connectivity index is 1.49. The Bertz CT molecular complexity index is 837. The summed E-state index contributed by atoms with van der Waals surface area (Å²) < 4.78 is 5.27. The fourth-order valence-electron chi connectivity index (χ4n) is 5.33. The van der Waals surface area contributed by atoms with Crippen LogP contribution in [0.5, 0.6) is 0 Å². The molecule has 158 valence electrons. The first-order valence-corrected chi connectivity index (χ1v) is 12.4. The number of ether oxygens (including phenoxy) is 1. The van der Waals surface area contributed by atoms with E-state index in [4.69, 9.17) is 14.7 Å². The van der Waals surface area contributed by atoms with Gasteiger partial charge < -0.3 is 9.64 Å². The highest BCUT2D eigenvalue weighted by molar-refractivity contribution is 7.19. The Kier molecular flexibility index (Phi) is 6.02. The van der Waals surface area contributed by atoms with Gasteiger partial charge in [0.1, 0.15) is 16.5 Å². The molecule has 29 heavy (non-hydrogen) atoms. The van der Waals surface area contributed by atoms with Gasteiger partial charge in [-0.15, -0.1) is 11.3 Å². The Morgan fingerprint density at radius 3 is 2.55 bits per heavy atom. The molecule has 2 aliphatic carbocycles. The van der Waals surface area contributed by atoms with Crippen molar-refractivity contribution in [2.75, 3.05) is 51.3 Å². The van der Waals surface area contributed by atoms with E-state index in [0.29, 0.717) is 5.92 Å². The van der Waals surface area contributed by atoms with Crippen LogP contribution in [0.4, 0.5) is 5.82 Å². The smallest absolute Gasteiger partial charge is 0.141 e. The molecule has 0 atom stereocenters. The summed E-state index contributed by atoms with van der Waals surface area (Å²) in [5, 5.41) is 1.40. The van der Waals surface area contributed by atoms with E-state index in [1.807, 2.05) is 11.3 Å². The van der Waals surface area contributed by atoms with Crippen LogP contribution >= 0.6 is 11.3 Å². The molecule has 5 nitrogen and oxygen atoms in total. The first-order chi connectivity index (χ1) is 14.3. The predicted molar refractivity (Wildman–Crippen MR) is 120 cm³/mol. The van der Waals surface area contributed by atoms with Crippen molar-refractivity contribution >= 4 is 27.4 Å². The third kappa shape index (κ3) is 4.04. The van der Waals surface area contributed by atoms with Gasteiger partial charge in [0.15, 0.2) is 0 Å². The van der Waals surface area contributed by atoms with E-state index in [0.717, 1.165) is 45.2 Å². The van der Waals surface area contributed by atoms with Crippen LogP contribution in [0.3, 0.4) is 0 Å². The molecule has 3 aliphatic rings. The minimum Gasteiger partial charge on any atom is -0.383 e. The average molecular weight is 415 g/mol. The van der Waals surface area contributed by atoms with Gasteiger partial charge in [0.2, 0.25) is 0 Å². The van der Waals surface area contributed by atoms with Gasteiger partial charge >= 0.3 is 0 Å². The van der Waals surface area contributed by atoms with Crippen molar-refractivity contribution in [1.82, 2.24) is 14.9 Å². The molecule has 2 aromatic heterocycles. The van der Waals surface area contributed by atoms with Crippen LogP contribution in [0.2, 0.25) is 0 Å². The van der Waals surface area contributed by atoms with Crippen molar-refractivity contribution in [1.29, 1.82) is 0 Å². The largest absolute Gasteiger partial charge is 0.383 e. The quantitative estimate of drug-likeness (QED) is 0.726. The minimum absolute atomic E-state index is 0.564. The van der Waals surface area contributed by atoms with Gasteiger partial charge in [-0.2, -0.15) is 0 Å². The number of thiophene rings is 1. The zero-order chi connectivity index (χ0) is 19.6. The van der Waals surface area contributed by atoms with Gasteiger partial charge in [-0.3, -0.25) is 4.90 Å². The Morgan fingerprint density at radius 1 is 0.966 bits per heavy atom. The van der Waals surface area contributed by atoms with Gasteiger partial charge in [0.25, 0.3) is 0 Å². The maximum absolute atomic E-state index is 5.29. The summed E-state index contributed by atoms with van der Waals surface area (Å²) in [7, 11) is 1.79. The lowest BCUT2D eigenvalue weighted by molar-refractivity contribution is 0.144. The molecular weight excluding hydrogens is 380 g/mol. The zero-order valence-electron chi connectivity index (χ0n) is 17.8.